The second-order valence-electron chi connectivity index (χ2n) is 7.65. The summed E-state index contributed by atoms with van der Waals surface area (Å²) in [6, 6.07) is 13.6. The first-order valence-electron chi connectivity index (χ1n) is 10.5. The van der Waals surface area contributed by atoms with Crippen molar-refractivity contribution < 1.29 is 13.9 Å². The Kier molecular flexibility index (Phi) is 5.90. The van der Waals surface area contributed by atoms with Crippen molar-refractivity contribution in [2.45, 2.75) is 34.1 Å². The van der Waals surface area contributed by atoms with Crippen LogP contribution in [0.25, 0.3) is 16.8 Å². The number of aryl methyl sites for hydroxylation is 3. The van der Waals surface area contributed by atoms with Crippen LogP contribution >= 0.6 is 0 Å². The predicted molar refractivity (Wildman–Crippen MR) is 123 cm³/mol. The van der Waals surface area contributed by atoms with Crippen molar-refractivity contribution in [3.8, 4) is 16.9 Å². The Morgan fingerprint density at radius 2 is 1.72 bits per heavy atom. The standard InChI is InChI=1S/C25H25FN4O2/c1-5-32-21-12-10-20(11-13-21)28-23(31)14-22-15(2)27-25-24(16(3)29-30(25)17(22)4)18-6-8-19(26)9-7-18/h6-13H,5,14H2,1-4H3,(H,28,31). The van der Waals surface area contributed by atoms with Gasteiger partial charge in [-0.15, -0.1) is 0 Å². The van der Waals surface area contributed by atoms with E-state index in [2.05, 4.69) is 10.4 Å². The fraction of sp³-hybridized carbons (Fsp3) is 0.240. The van der Waals surface area contributed by atoms with Crippen LogP contribution < -0.4 is 10.1 Å². The molecule has 32 heavy (non-hydrogen) atoms. The molecule has 4 rings (SSSR count). The molecule has 7 heteroatoms. The molecule has 164 valence electrons. The van der Waals surface area contributed by atoms with Crippen LogP contribution in [0.15, 0.2) is 48.5 Å². The predicted octanol–water partition coefficient (Wildman–Crippen LogP) is 5.04. The van der Waals surface area contributed by atoms with Crippen LogP contribution in [-0.2, 0) is 11.2 Å². The molecule has 2 aromatic heterocycles. The van der Waals surface area contributed by atoms with Gasteiger partial charge < -0.3 is 10.1 Å². The highest BCUT2D eigenvalue weighted by Gasteiger charge is 2.19. The lowest BCUT2D eigenvalue weighted by molar-refractivity contribution is -0.115. The molecule has 0 spiro atoms. The molecule has 0 unspecified atom stereocenters. The summed E-state index contributed by atoms with van der Waals surface area (Å²) in [5.41, 5.74) is 6.35. The molecule has 4 aromatic rings. The number of nitrogens with one attached hydrogen (secondary N) is 1. The first-order valence-corrected chi connectivity index (χ1v) is 10.5. The van der Waals surface area contributed by atoms with Gasteiger partial charge in [0.1, 0.15) is 11.6 Å². The van der Waals surface area contributed by atoms with E-state index in [0.29, 0.717) is 17.9 Å². The van der Waals surface area contributed by atoms with Gasteiger partial charge in [0.2, 0.25) is 5.91 Å². The van der Waals surface area contributed by atoms with Crippen molar-refractivity contribution in [2.24, 2.45) is 0 Å². The van der Waals surface area contributed by atoms with Gasteiger partial charge in [0.05, 0.1) is 18.7 Å². The van der Waals surface area contributed by atoms with Gasteiger partial charge in [0.25, 0.3) is 0 Å². The Labute approximate surface area is 186 Å². The summed E-state index contributed by atoms with van der Waals surface area (Å²) >= 11 is 0. The Morgan fingerprint density at radius 1 is 1.03 bits per heavy atom. The fourth-order valence-electron chi connectivity index (χ4n) is 3.85. The number of ether oxygens (including phenoxy) is 1. The molecule has 2 aromatic carbocycles. The van der Waals surface area contributed by atoms with Crippen molar-refractivity contribution in [3.05, 3.63) is 77.0 Å². The molecule has 0 saturated heterocycles. The molecule has 0 atom stereocenters. The molecule has 6 nitrogen and oxygen atoms in total. The number of halogens is 1. The summed E-state index contributed by atoms with van der Waals surface area (Å²) in [7, 11) is 0. The van der Waals surface area contributed by atoms with Gasteiger partial charge in [-0.1, -0.05) is 12.1 Å². The fourth-order valence-corrected chi connectivity index (χ4v) is 3.85. The van der Waals surface area contributed by atoms with Crippen LogP contribution in [0.2, 0.25) is 0 Å². The zero-order chi connectivity index (χ0) is 22.8. The highest BCUT2D eigenvalue weighted by molar-refractivity contribution is 5.92. The molecule has 0 aliphatic heterocycles. The van der Waals surface area contributed by atoms with Crippen LogP contribution in [0.4, 0.5) is 10.1 Å². The average Bonchev–Trinajstić information content (AvgIpc) is 3.09. The first-order chi connectivity index (χ1) is 15.4. The van der Waals surface area contributed by atoms with Crippen molar-refractivity contribution in [3.63, 3.8) is 0 Å². The molecule has 1 N–H and O–H groups in total. The maximum atomic E-state index is 13.4. The maximum absolute atomic E-state index is 13.4. The van der Waals surface area contributed by atoms with E-state index < -0.39 is 0 Å². The zero-order valence-corrected chi connectivity index (χ0v) is 18.6. The smallest absolute Gasteiger partial charge is 0.228 e. The second kappa shape index (κ2) is 8.78. The molecular formula is C25H25FN4O2. The van der Waals surface area contributed by atoms with Crippen molar-refractivity contribution >= 4 is 17.2 Å². The van der Waals surface area contributed by atoms with E-state index in [1.165, 1.54) is 12.1 Å². The molecule has 1 amide bonds. The second-order valence-corrected chi connectivity index (χ2v) is 7.65. The van der Waals surface area contributed by atoms with Crippen LogP contribution in [0.5, 0.6) is 5.75 Å². The van der Waals surface area contributed by atoms with Gasteiger partial charge in [-0.3, -0.25) is 4.79 Å². The Bertz CT molecular complexity index is 1280. The molecule has 0 radical (unpaired) electrons. The molecule has 2 heterocycles. The molecule has 0 fully saturated rings. The van der Waals surface area contributed by atoms with Gasteiger partial charge in [-0.25, -0.2) is 13.9 Å². The van der Waals surface area contributed by atoms with Crippen LogP contribution in [-0.4, -0.2) is 27.1 Å². The number of amides is 1. The molecule has 0 aliphatic rings. The Morgan fingerprint density at radius 3 is 2.38 bits per heavy atom. The summed E-state index contributed by atoms with van der Waals surface area (Å²) in [5, 5.41) is 7.57. The summed E-state index contributed by atoms with van der Waals surface area (Å²) in [5.74, 6) is 0.339. The minimum Gasteiger partial charge on any atom is -0.494 e. The summed E-state index contributed by atoms with van der Waals surface area (Å²) in [6.45, 7) is 8.25. The van der Waals surface area contributed by atoms with Gasteiger partial charge in [0.15, 0.2) is 5.65 Å². The monoisotopic (exact) mass is 432 g/mol. The summed E-state index contributed by atoms with van der Waals surface area (Å²) < 4.78 is 20.6. The minimum atomic E-state index is -0.288. The number of rotatable bonds is 6. The van der Waals surface area contributed by atoms with Crippen LogP contribution in [0, 0.1) is 26.6 Å². The average molecular weight is 432 g/mol. The minimum absolute atomic E-state index is 0.135. The number of nitrogens with zero attached hydrogens (tertiary/aromatic N) is 3. The van der Waals surface area contributed by atoms with Gasteiger partial charge in [0, 0.05) is 28.2 Å². The lowest BCUT2D eigenvalue weighted by atomic mass is 10.0. The van der Waals surface area contributed by atoms with Crippen LogP contribution in [0.1, 0.15) is 29.6 Å². The molecule has 0 aliphatic carbocycles. The Hall–Kier alpha value is -3.74. The number of hydrogen-bond acceptors (Lipinski definition) is 4. The quantitative estimate of drug-likeness (QED) is 0.463. The van der Waals surface area contributed by atoms with E-state index in [9.17, 15) is 9.18 Å². The maximum Gasteiger partial charge on any atom is 0.228 e. The van der Waals surface area contributed by atoms with Crippen molar-refractivity contribution in [2.75, 3.05) is 11.9 Å². The van der Waals surface area contributed by atoms with E-state index in [4.69, 9.17) is 9.72 Å². The first kappa shape index (κ1) is 21.5. The van der Waals surface area contributed by atoms with E-state index in [0.717, 1.165) is 39.5 Å². The van der Waals surface area contributed by atoms with Gasteiger partial charge in [-0.2, -0.15) is 5.10 Å². The number of benzene rings is 2. The third-order valence-electron chi connectivity index (χ3n) is 5.42. The number of carbonyl (C=O) groups excluding carboxylic acids is 1. The number of hydrogen-bond donors (Lipinski definition) is 1. The lowest BCUT2D eigenvalue weighted by Crippen LogP contribution is -2.17. The highest BCUT2D eigenvalue weighted by atomic mass is 19.1. The normalized spacial score (nSPS) is 11.0. The zero-order valence-electron chi connectivity index (χ0n) is 18.6. The van der Waals surface area contributed by atoms with E-state index in [1.807, 2.05) is 52.0 Å². The van der Waals surface area contributed by atoms with Crippen molar-refractivity contribution in [1.29, 1.82) is 0 Å². The number of carbonyl (C=O) groups is 1. The molecular weight excluding hydrogens is 407 g/mol. The summed E-state index contributed by atoms with van der Waals surface area (Å²) in [4.78, 5) is 17.5. The number of aromatic nitrogens is 3. The lowest BCUT2D eigenvalue weighted by Gasteiger charge is -2.12. The van der Waals surface area contributed by atoms with E-state index in [1.54, 1.807) is 16.6 Å². The number of anilines is 1. The number of fused-ring (bicyclic) bond motifs is 1. The van der Waals surface area contributed by atoms with E-state index >= 15 is 0 Å². The van der Waals surface area contributed by atoms with Gasteiger partial charge in [-0.05, 0) is 69.7 Å². The molecule has 0 bridgehead atoms. The highest BCUT2D eigenvalue weighted by Crippen LogP contribution is 2.29. The largest absolute Gasteiger partial charge is 0.494 e. The SMILES string of the molecule is CCOc1ccc(NC(=O)Cc2c(C)nc3c(-c4ccc(F)cc4)c(C)nn3c2C)cc1. The third kappa shape index (κ3) is 4.19. The summed E-state index contributed by atoms with van der Waals surface area (Å²) in [6.07, 6.45) is 0.179. The van der Waals surface area contributed by atoms with Crippen LogP contribution in [0.3, 0.4) is 0 Å². The van der Waals surface area contributed by atoms with Gasteiger partial charge >= 0.3 is 0 Å². The van der Waals surface area contributed by atoms with E-state index in [-0.39, 0.29) is 18.1 Å². The third-order valence-corrected chi connectivity index (χ3v) is 5.42. The van der Waals surface area contributed by atoms with Crippen molar-refractivity contribution in [1.82, 2.24) is 14.6 Å². The topological polar surface area (TPSA) is 68.5 Å². The molecule has 0 saturated carbocycles. The Balaban J connectivity index is 1.62.